The molecule has 0 bridgehead atoms. The minimum absolute atomic E-state index is 0.392. The van der Waals surface area contributed by atoms with Crippen molar-refractivity contribution >= 4 is 11.9 Å². The lowest BCUT2D eigenvalue weighted by atomic mass is 10.2. The van der Waals surface area contributed by atoms with Crippen molar-refractivity contribution in [2.24, 2.45) is 0 Å². The summed E-state index contributed by atoms with van der Waals surface area (Å²) >= 11 is 0. The average Bonchev–Trinajstić information content (AvgIpc) is 2.34. The van der Waals surface area contributed by atoms with Crippen LogP contribution >= 0.6 is 0 Å². The molecule has 0 fully saturated rings. The molecule has 0 aliphatic heterocycles. The molecule has 1 rings (SSSR count). The molecule has 0 radical (unpaired) electrons. The Morgan fingerprint density at radius 2 is 1.63 bits per heavy atom. The van der Waals surface area contributed by atoms with Crippen LogP contribution in [0.1, 0.15) is 20.8 Å². The molecule has 0 saturated carbocycles. The van der Waals surface area contributed by atoms with Crippen molar-refractivity contribution in [2.45, 2.75) is 32.5 Å². The Morgan fingerprint density at radius 1 is 1.05 bits per heavy atom. The molecular weight excluding hydrogens is 248 g/mol. The Bertz CT molecular complexity index is 433. The third kappa shape index (κ3) is 4.99. The largest absolute Gasteiger partial charge is 0.467 e. The van der Waals surface area contributed by atoms with Crippen LogP contribution in [0.2, 0.25) is 0 Å². The minimum Gasteiger partial charge on any atom is -0.467 e. The van der Waals surface area contributed by atoms with Crippen LogP contribution in [0, 0.1) is 0 Å². The fourth-order valence-corrected chi connectivity index (χ4v) is 1.29. The average molecular weight is 266 g/mol. The normalized spacial score (nSPS) is 12.4. The van der Waals surface area contributed by atoms with Gasteiger partial charge in [0.15, 0.2) is 0 Å². The van der Waals surface area contributed by atoms with E-state index in [4.69, 9.17) is 9.47 Å². The van der Waals surface area contributed by atoms with Crippen molar-refractivity contribution < 1.29 is 23.8 Å². The molecule has 5 heteroatoms. The first-order chi connectivity index (χ1) is 8.83. The van der Waals surface area contributed by atoms with Crippen LogP contribution in [-0.4, -0.2) is 30.8 Å². The number of para-hydroxylation sites is 1. The zero-order chi connectivity index (χ0) is 14.5. The molecule has 0 amide bonds. The fraction of sp³-hybridized carbons (Fsp3) is 0.429. The van der Waals surface area contributed by atoms with E-state index in [1.807, 2.05) is 0 Å². The summed E-state index contributed by atoms with van der Waals surface area (Å²) in [7, 11) is 1.19. The molecule has 0 N–H and O–H groups in total. The highest BCUT2D eigenvalue weighted by molar-refractivity contribution is 5.98. The van der Waals surface area contributed by atoms with Gasteiger partial charge in [0.05, 0.1) is 7.11 Å². The van der Waals surface area contributed by atoms with Gasteiger partial charge < -0.3 is 14.2 Å². The topological polar surface area (TPSA) is 61.8 Å². The predicted molar refractivity (Wildman–Crippen MR) is 68.7 cm³/mol. The molecule has 0 aromatic heterocycles. The lowest BCUT2D eigenvalue weighted by Gasteiger charge is -2.23. The summed E-state index contributed by atoms with van der Waals surface area (Å²) in [6.45, 7) is 5.13. The number of carbonyl (C=O) groups is 2. The van der Waals surface area contributed by atoms with Gasteiger partial charge in [-0.2, -0.15) is 0 Å². The van der Waals surface area contributed by atoms with Gasteiger partial charge in [0.25, 0.3) is 6.10 Å². The third-order valence-electron chi connectivity index (χ3n) is 2.03. The van der Waals surface area contributed by atoms with Gasteiger partial charge in [-0.1, -0.05) is 18.2 Å². The Labute approximate surface area is 112 Å². The van der Waals surface area contributed by atoms with E-state index in [0.29, 0.717) is 5.75 Å². The first kappa shape index (κ1) is 15.0. The van der Waals surface area contributed by atoms with Gasteiger partial charge in [-0.25, -0.2) is 9.59 Å². The summed E-state index contributed by atoms with van der Waals surface area (Å²) in [5, 5.41) is 0. The second kappa shape index (κ2) is 6.22. The van der Waals surface area contributed by atoms with Gasteiger partial charge in [-0.3, -0.25) is 0 Å². The standard InChI is InChI=1S/C14H18O5/c1-14(2,3)19-13(16)11(12(15)17-4)18-10-8-6-5-7-9-10/h5-9,11H,1-4H3/t11-/m1/s1. The first-order valence-electron chi connectivity index (χ1n) is 5.86. The zero-order valence-electron chi connectivity index (χ0n) is 11.5. The van der Waals surface area contributed by atoms with Gasteiger partial charge in [0, 0.05) is 0 Å². The number of carbonyl (C=O) groups excluding carboxylic acids is 2. The Kier molecular flexibility index (Phi) is 4.92. The molecule has 1 atom stereocenters. The predicted octanol–water partition coefficient (Wildman–Crippen LogP) is 1.95. The summed E-state index contributed by atoms with van der Waals surface area (Å²) in [6, 6.07) is 8.55. The highest BCUT2D eigenvalue weighted by atomic mass is 16.6. The molecule has 19 heavy (non-hydrogen) atoms. The number of esters is 2. The highest BCUT2D eigenvalue weighted by Gasteiger charge is 2.34. The lowest BCUT2D eigenvalue weighted by Crippen LogP contribution is -2.41. The molecule has 5 nitrogen and oxygen atoms in total. The van der Waals surface area contributed by atoms with Crippen molar-refractivity contribution in [1.82, 2.24) is 0 Å². The summed E-state index contributed by atoms with van der Waals surface area (Å²) in [6.07, 6.45) is -1.42. The Morgan fingerprint density at radius 3 is 2.11 bits per heavy atom. The minimum atomic E-state index is -1.42. The third-order valence-corrected chi connectivity index (χ3v) is 2.03. The number of rotatable bonds is 4. The second-order valence-electron chi connectivity index (χ2n) is 4.87. The molecule has 1 aromatic rings. The van der Waals surface area contributed by atoms with Crippen LogP contribution in [0.3, 0.4) is 0 Å². The van der Waals surface area contributed by atoms with E-state index < -0.39 is 23.6 Å². The van der Waals surface area contributed by atoms with Gasteiger partial charge in [0.1, 0.15) is 11.4 Å². The maximum absolute atomic E-state index is 11.9. The molecule has 0 aliphatic rings. The summed E-state index contributed by atoms with van der Waals surface area (Å²) in [5.74, 6) is -1.18. The molecule has 1 aromatic carbocycles. The van der Waals surface area contributed by atoms with E-state index in [1.165, 1.54) is 7.11 Å². The molecule has 0 unspecified atom stereocenters. The van der Waals surface area contributed by atoms with E-state index in [0.717, 1.165) is 0 Å². The van der Waals surface area contributed by atoms with Crippen molar-refractivity contribution in [3.63, 3.8) is 0 Å². The van der Waals surface area contributed by atoms with Crippen molar-refractivity contribution in [2.75, 3.05) is 7.11 Å². The molecular formula is C14H18O5. The number of methoxy groups -OCH3 is 1. The van der Waals surface area contributed by atoms with Gasteiger partial charge >= 0.3 is 11.9 Å². The van der Waals surface area contributed by atoms with Crippen molar-refractivity contribution in [3.05, 3.63) is 30.3 Å². The Balaban J connectivity index is 2.84. The monoisotopic (exact) mass is 266 g/mol. The van der Waals surface area contributed by atoms with Crippen LogP contribution in [-0.2, 0) is 19.1 Å². The van der Waals surface area contributed by atoms with Crippen molar-refractivity contribution in [1.29, 1.82) is 0 Å². The lowest BCUT2D eigenvalue weighted by molar-refractivity contribution is -0.172. The van der Waals surface area contributed by atoms with Gasteiger partial charge in [0.2, 0.25) is 0 Å². The maximum Gasteiger partial charge on any atom is 0.359 e. The van der Waals surface area contributed by atoms with Gasteiger partial charge in [-0.15, -0.1) is 0 Å². The zero-order valence-corrected chi connectivity index (χ0v) is 11.5. The molecule has 104 valence electrons. The van der Waals surface area contributed by atoms with Crippen molar-refractivity contribution in [3.8, 4) is 5.75 Å². The van der Waals surface area contributed by atoms with Crippen LogP contribution in [0.5, 0.6) is 5.75 Å². The van der Waals surface area contributed by atoms with Gasteiger partial charge in [-0.05, 0) is 32.9 Å². The van der Waals surface area contributed by atoms with Crippen LogP contribution in [0.25, 0.3) is 0 Å². The molecule has 0 aliphatic carbocycles. The van der Waals surface area contributed by atoms with E-state index in [2.05, 4.69) is 4.74 Å². The molecule has 0 heterocycles. The van der Waals surface area contributed by atoms with Crippen LogP contribution in [0.4, 0.5) is 0 Å². The quantitative estimate of drug-likeness (QED) is 0.615. The van der Waals surface area contributed by atoms with Crippen LogP contribution in [0.15, 0.2) is 30.3 Å². The second-order valence-corrected chi connectivity index (χ2v) is 4.87. The Hall–Kier alpha value is -2.04. The summed E-state index contributed by atoms with van der Waals surface area (Å²) < 4.78 is 15.0. The number of hydrogen-bond donors (Lipinski definition) is 0. The van der Waals surface area contributed by atoms with Crippen LogP contribution < -0.4 is 4.74 Å². The number of ether oxygens (including phenoxy) is 3. The molecule has 0 saturated heterocycles. The highest BCUT2D eigenvalue weighted by Crippen LogP contribution is 2.15. The SMILES string of the molecule is COC(=O)[C@@H](Oc1ccccc1)C(=O)OC(C)(C)C. The maximum atomic E-state index is 11.9. The first-order valence-corrected chi connectivity index (χ1v) is 5.86. The summed E-state index contributed by atoms with van der Waals surface area (Å²) in [4.78, 5) is 23.5. The smallest absolute Gasteiger partial charge is 0.359 e. The number of hydrogen-bond acceptors (Lipinski definition) is 5. The molecule has 0 spiro atoms. The number of benzene rings is 1. The fourth-order valence-electron chi connectivity index (χ4n) is 1.29. The van der Waals surface area contributed by atoms with E-state index in [9.17, 15) is 9.59 Å². The van der Waals surface area contributed by atoms with E-state index >= 15 is 0 Å². The van der Waals surface area contributed by atoms with E-state index in [-0.39, 0.29) is 0 Å². The summed E-state index contributed by atoms with van der Waals surface area (Å²) in [5.41, 5.74) is -0.705. The van der Waals surface area contributed by atoms with E-state index in [1.54, 1.807) is 51.1 Å².